The molecular formula is C12H14F3NOS. The molecule has 6 heteroatoms. The van der Waals surface area contributed by atoms with E-state index in [1.807, 2.05) is 13.8 Å². The molecule has 0 radical (unpaired) electrons. The molecule has 2 N–H and O–H groups in total. The van der Waals surface area contributed by atoms with Crippen LogP contribution in [0, 0.1) is 0 Å². The van der Waals surface area contributed by atoms with Gasteiger partial charge in [0.25, 0.3) is 0 Å². The number of benzene rings is 1. The first kappa shape index (κ1) is 14.8. The van der Waals surface area contributed by atoms with Crippen LogP contribution in [-0.2, 0) is 6.18 Å². The number of ether oxygens (including phenoxy) is 1. The summed E-state index contributed by atoms with van der Waals surface area (Å²) in [5, 5.41) is 0. The predicted octanol–water partition coefficient (Wildman–Crippen LogP) is 3.52. The first-order valence-corrected chi connectivity index (χ1v) is 5.84. The van der Waals surface area contributed by atoms with Crippen LogP contribution in [0.5, 0.6) is 5.75 Å². The van der Waals surface area contributed by atoms with Crippen molar-refractivity contribution in [3.8, 4) is 5.75 Å². The number of halogens is 3. The lowest BCUT2D eigenvalue weighted by atomic mass is 10.1. The summed E-state index contributed by atoms with van der Waals surface area (Å²) in [6.45, 7) is 3.73. The standard InChI is InChI=1S/C12H14F3NOS/c1-3-7(2)17-10-5-4-8(12(13,14)15)6-9(10)11(16)18/h4-7H,3H2,1-2H3,(H2,16,18). The molecule has 0 aliphatic carbocycles. The van der Waals surface area contributed by atoms with Crippen LogP contribution >= 0.6 is 12.2 Å². The fraction of sp³-hybridized carbons (Fsp3) is 0.417. The third kappa shape index (κ3) is 3.60. The zero-order chi connectivity index (χ0) is 13.9. The van der Waals surface area contributed by atoms with E-state index in [0.717, 1.165) is 18.6 Å². The number of nitrogens with two attached hydrogens (primary N) is 1. The predicted molar refractivity (Wildman–Crippen MR) is 67.7 cm³/mol. The lowest BCUT2D eigenvalue weighted by Gasteiger charge is -2.17. The van der Waals surface area contributed by atoms with Gasteiger partial charge in [0.15, 0.2) is 0 Å². The van der Waals surface area contributed by atoms with Crippen LogP contribution in [0.25, 0.3) is 0 Å². The summed E-state index contributed by atoms with van der Waals surface area (Å²) in [6.07, 6.45) is -3.80. The van der Waals surface area contributed by atoms with Gasteiger partial charge in [0.1, 0.15) is 10.7 Å². The van der Waals surface area contributed by atoms with E-state index in [-0.39, 0.29) is 22.4 Å². The van der Waals surface area contributed by atoms with Crippen molar-refractivity contribution in [3.05, 3.63) is 29.3 Å². The minimum atomic E-state index is -4.42. The van der Waals surface area contributed by atoms with Crippen molar-refractivity contribution in [2.24, 2.45) is 5.73 Å². The molecular weight excluding hydrogens is 263 g/mol. The van der Waals surface area contributed by atoms with Crippen LogP contribution in [-0.4, -0.2) is 11.1 Å². The Morgan fingerprint density at radius 3 is 2.50 bits per heavy atom. The highest BCUT2D eigenvalue weighted by Gasteiger charge is 2.31. The Bertz CT molecular complexity index is 445. The highest BCUT2D eigenvalue weighted by atomic mass is 32.1. The lowest BCUT2D eigenvalue weighted by Crippen LogP contribution is -2.17. The van der Waals surface area contributed by atoms with E-state index in [4.69, 9.17) is 22.7 Å². The second kappa shape index (κ2) is 5.56. The zero-order valence-corrected chi connectivity index (χ0v) is 10.9. The number of hydrogen-bond donors (Lipinski definition) is 1. The SMILES string of the molecule is CCC(C)Oc1ccc(C(F)(F)F)cc1C(N)=S. The molecule has 0 spiro atoms. The fourth-order valence-electron chi connectivity index (χ4n) is 1.30. The second-order valence-corrected chi connectivity index (χ2v) is 4.35. The quantitative estimate of drug-likeness (QED) is 0.855. The molecule has 0 aliphatic heterocycles. The molecule has 0 fully saturated rings. The van der Waals surface area contributed by atoms with Gasteiger partial charge in [-0.2, -0.15) is 13.2 Å². The van der Waals surface area contributed by atoms with Gasteiger partial charge in [-0.25, -0.2) is 0 Å². The Balaban J connectivity index is 3.17. The maximum absolute atomic E-state index is 12.6. The Kier molecular flexibility index (Phi) is 4.56. The molecule has 1 atom stereocenters. The van der Waals surface area contributed by atoms with E-state index >= 15 is 0 Å². The zero-order valence-electron chi connectivity index (χ0n) is 10.0. The monoisotopic (exact) mass is 277 g/mol. The smallest absolute Gasteiger partial charge is 0.416 e. The Morgan fingerprint density at radius 2 is 2.06 bits per heavy atom. The second-order valence-electron chi connectivity index (χ2n) is 3.91. The van der Waals surface area contributed by atoms with Gasteiger partial charge >= 0.3 is 6.18 Å². The molecule has 0 aliphatic rings. The molecule has 0 saturated carbocycles. The van der Waals surface area contributed by atoms with Crippen LogP contribution in [0.3, 0.4) is 0 Å². The topological polar surface area (TPSA) is 35.2 Å². The molecule has 1 aromatic carbocycles. The summed E-state index contributed by atoms with van der Waals surface area (Å²) in [4.78, 5) is -0.112. The average molecular weight is 277 g/mol. The first-order chi connectivity index (χ1) is 8.25. The largest absolute Gasteiger partial charge is 0.490 e. The van der Waals surface area contributed by atoms with Gasteiger partial charge in [0.05, 0.1) is 17.2 Å². The van der Waals surface area contributed by atoms with Crippen LogP contribution in [0.2, 0.25) is 0 Å². The van der Waals surface area contributed by atoms with E-state index < -0.39 is 11.7 Å². The molecule has 0 amide bonds. The molecule has 1 unspecified atom stereocenters. The van der Waals surface area contributed by atoms with Gasteiger partial charge in [-0.05, 0) is 31.5 Å². The first-order valence-electron chi connectivity index (χ1n) is 5.43. The number of hydrogen-bond acceptors (Lipinski definition) is 2. The van der Waals surface area contributed by atoms with Gasteiger partial charge in [-0.15, -0.1) is 0 Å². The van der Waals surface area contributed by atoms with Crippen LogP contribution in [0.1, 0.15) is 31.4 Å². The Morgan fingerprint density at radius 1 is 1.44 bits per heavy atom. The maximum Gasteiger partial charge on any atom is 0.416 e. The van der Waals surface area contributed by atoms with Gasteiger partial charge in [-0.3, -0.25) is 0 Å². The van der Waals surface area contributed by atoms with E-state index in [1.54, 1.807) is 0 Å². The molecule has 2 nitrogen and oxygen atoms in total. The van der Waals surface area contributed by atoms with Crippen LogP contribution < -0.4 is 10.5 Å². The Hall–Kier alpha value is -1.30. The highest BCUT2D eigenvalue weighted by molar-refractivity contribution is 7.80. The fourth-order valence-corrected chi connectivity index (χ4v) is 1.46. The molecule has 0 heterocycles. The summed E-state index contributed by atoms with van der Waals surface area (Å²) >= 11 is 4.75. The normalized spacial score (nSPS) is 13.2. The van der Waals surface area contributed by atoms with Crippen molar-refractivity contribution >= 4 is 17.2 Å². The summed E-state index contributed by atoms with van der Waals surface area (Å²) in [5.41, 5.74) is 4.75. The van der Waals surface area contributed by atoms with Crippen molar-refractivity contribution in [3.63, 3.8) is 0 Å². The molecule has 0 aromatic heterocycles. The van der Waals surface area contributed by atoms with Crippen molar-refractivity contribution in [1.82, 2.24) is 0 Å². The van der Waals surface area contributed by atoms with E-state index in [0.29, 0.717) is 0 Å². The number of rotatable bonds is 4. The maximum atomic E-state index is 12.6. The van der Waals surface area contributed by atoms with E-state index in [2.05, 4.69) is 0 Å². The summed E-state index contributed by atoms with van der Waals surface area (Å²) < 4.78 is 43.2. The summed E-state index contributed by atoms with van der Waals surface area (Å²) in [7, 11) is 0. The van der Waals surface area contributed by atoms with Gasteiger partial charge in [0, 0.05) is 0 Å². The number of alkyl halides is 3. The molecule has 0 saturated heterocycles. The third-order valence-corrected chi connectivity index (χ3v) is 2.70. The van der Waals surface area contributed by atoms with Crippen LogP contribution in [0.15, 0.2) is 18.2 Å². The van der Waals surface area contributed by atoms with Crippen molar-refractivity contribution in [1.29, 1.82) is 0 Å². The average Bonchev–Trinajstić information content (AvgIpc) is 2.27. The molecule has 1 rings (SSSR count). The molecule has 0 bridgehead atoms. The van der Waals surface area contributed by atoms with Crippen molar-refractivity contribution in [2.75, 3.05) is 0 Å². The molecule has 18 heavy (non-hydrogen) atoms. The Labute approximate surface area is 109 Å². The molecule has 1 aromatic rings. The van der Waals surface area contributed by atoms with Crippen molar-refractivity contribution in [2.45, 2.75) is 32.5 Å². The van der Waals surface area contributed by atoms with Crippen molar-refractivity contribution < 1.29 is 17.9 Å². The highest BCUT2D eigenvalue weighted by Crippen LogP contribution is 2.33. The lowest BCUT2D eigenvalue weighted by molar-refractivity contribution is -0.137. The van der Waals surface area contributed by atoms with E-state index in [9.17, 15) is 13.2 Å². The van der Waals surface area contributed by atoms with Gasteiger partial charge in [0.2, 0.25) is 0 Å². The minimum Gasteiger partial charge on any atom is -0.490 e. The summed E-state index contributed by atoms with van der Waals surface area (Å²) in [5.74, 6) is 0.282. The minimum absolute atomic E-state index is 0.111. The molecule has 100 valence electrons. The van der Waals surface area contributed by atoms with Gasteiger partial charge < -0.3 is 10.5 Å². The number of thiocarbonyl (C=S) groups is 1. The van der Waals surface area contributed by atoms with Gasteiger partial charge in [-0.1, -0.05) is 19.1 Å². The third-order valence-electron chi connectivity index (χ3n) is 2.48. The van der Waals surface area contributed by atoms with E-state index in [1.165, 1.54) is 6.07 Å². The summed E-state index contributed by atoms with van der Waals surface area (Å²) in [6, 6.07) is 3.13. The van der Waals surface area contributed by atoms with Crippen LogP contribution in [0.4, 0.5) is 13.2 Å².